The summed E-state index contributed by atoms with van der Waals surface area (Å²) in [4.78, 5) is 6.80. The predicted molar refractivity (Wildman–Crippen MR) is 102 cm³/mol. The van der Waals surface area contributed by atoms with Crippen molar-refractivity contribution in [2.45, 2.75) is 85.2 Å². The molecule has 1 rings (SSSR count). The summed E-state index contributed by atoms with van der Waals surface area (Å²) in [6.07, 6.45) is 11.8. The van der Waals surface area contributed by atoms with Gasteiger partial charge in [-0.15, -0.1) is 0 Å². The van der Waals surface area contributed by atoms with Crippen LogP contribution in [-0.2, 0) is 0 Å². The molecule has 0 amide bonds. The summed E-state index contributed by atoms with van der Waals surface area (Å²) in [5.74, 6) is 0. The minimum absolute atomic E-state index is 0.664. The third-order valence-corrected chi connectivity index (χ3v) is 4.37. The lowest BCUT2D eigenvalue weighted by Gasteiger charge is -2.30. The van der Waals surface area contributed by atoms with Crippen LogP contribution >= 0.6 is 0 Å². The maximum Gasteiger partial charge on any atom is 0.0529 e. The molecule has 0 saturated carbocycles. The molecule has 0 bridgehead atoms. The molecular weight excluding hydrogens is 282 g/mol. The molecule has 0 atom stereocenters. The number of aromatic nitrogens is 1. The van der Waals surface area contributed by atoms with E-state index in [4.69, 9.17) is 0 Å². The fraction of sp³-hybridized carbons (Fsp3) is 0.750. The maximum absolute atomic E-state index is 4.21. The van der Waals surface area contributed by atoms with Gasteiger partial charge in [-0.3, -0.25) is 9.88 Å². The van der Waals surface area contributed by atoms with Crippen molar-refractivity contribution >= 4 is 5.69 Å². The van der Waals surface area contributed by atoms with Crippen LogP contribution in [0.15, 0.2) is 18.5 Å². The Hall–Kier alpha value is -1.09. The molecule has 1 aromatic rings. The van der Waals surface area contributed by atoms with Crippen LogP contribution in [0, 0.1) is 6.92 Å². The first-order valence-electron chi connectivity index (χ1n) is 9.42. The molecule has 0 aliphatic heterocycles. The number of anilines is 1. The molecule has 1 N–H and O–H groups in total. The van der Waals surface area contributed by atoms with Gasteiger partial charge in [0.15, 0.2) is 0 Å². The molecule has 1 aromatic heterocycles. The Morgan fingerprint density at radius 2 is 1.52 bits per heavy atom. The van der Waals surface area contributed by atoms with Gasteiger partial charge in [0.2, 0.25) is 0 Å². The lowest BCUT2D eigenvalue weighted by atomic mass is 10.1. The normalized spacial score (nSPS) is 11.7. The monoisotopic (exact) mass is 319 g/mol. The number of hydrogen-bond donors (Lipinski definition) is 1. The van der Waals surface area contributed by atoms with E-state index in [0.717, 1.165) is 12.2 Å². The molecule has 3 nitrogen and oxygen atoms in total. The topological polar surface area (TPSA) is 28.2 Å². The van der Waals surface area contributed by atoms with Gasteiger partial charge in [0, 0.05) is 31.0 Å². The van der Waals surface area contributed by atoms with E-state index in [1.807, 2.05) is 12.4 Å². The number of nitrogens with zero attached hydrogens (tertiary/aromatic N) is 2. The van der Waals surface area contributed by atoms with Crippen molar-refractivity contribution < 1.29 is 0 Å². The van der Waals surface area contributed by atoms with Gasteiger partial charge in [-0.25, -0.2) is 0 Å². The molecule has 0 saturated heterocycles. The zero-order valence-corrected chi connectivity index (χ0v) is 15.9. The zero-order valence-electron chi connectivity index (χ0n) is 15.9. The SMILES string of the molecule is Cc1cncc(NCCCCCCCCN(C(C)C)C(C)C)c1. The summed E-state index contributed by atoms with van der Waals surface area (Å²) in [5, 5.41) is 3.46. The third kappa shape index (κ3) is 8.95. The van der Waals surface area contributed by atoms with E-state index in [2.05, 4.69) is 55.9 Å². The highest BCUT2D eigenvalue weighted by Gasteiger charge is 2.11. The van der Waals surface area contributed by atoms with Crippen molar-refractivity contribution in [3.05, 3.63) is 24.0 Å². The van der Waals surface area contributed by atoms with E-state index in [9.17, 15) is 0 Å². The maximum atomic E-state index is 4.21. The fourth-order valence-electron chi connectivity index (χ4n) is 3.12. The molecular formula is C20H37N3. The summed E-state index contributed by atoms with van der Waals surface area (Å²) < 4.78 is 0. The number of unbranched alkanes of at least 4 members (excludes halogenated alkanes) is 5. The van der Waals surface area contributed by atoms with Gasteiger partial charge in [-0.05, 0) is 65.6 Å². The first-order valence-corrected chi connectivity index (χ1v) is 9.42. The molecule has 3 heteroatoms. The lowest BCUT2D eigenvalue weighted by Crippen LogP contribution is -2.37. The summed E-state index contributed by atoms with van der Waals surface area (Å²) in [5.41, 5.74) is 2.36. The molecule has 0 aliphatic carbocycles. The average Bonchev–Trinajstić information content (AvgIpc) is 2.48. The number of rotatable bonds is 12. The van der Waals surface area contributed by atoms with E-state index < -0.39 is 0 Å². The third-order valence-electron chi connectivity index (χ3n) is 4.37. The second-order valence-electron chi connectivity index (χ2n) is 7.22. The van der Waals surface area contributed by atoms with Crippen molar-refractivity contribution in [1.82, 2.24) is 9.88 Å². The zero-order chi connectivity index (χ0) is 17.1. The van der Waals surface area contributed by atoms with Gasteiger partial charge in [-0.2, -0.15) is 0 Å². The summed E-state index contributed by atoms with van der Waals surface area (Å²) in [6.45, 7) is 13.6. The first-order chi connectivity index (χ1) is 11.0. The van der Waals surface area contributed by atoms with Crippen LogP contribution in [-0.4, -0.2) is 35.1 Å². The Bertz CT molecular complexity index is 407. The highest BCUT2D eigenvalue weighted by atomic mass is 15.2. The van der Waals surface area contributed by atoms with Crippen LogP contribution in [0.3, 0.4) is 0 Å². The van der Waals surface area contributed by atoms with Crippen LogP contribution in [0.25, 0.3) is 0 Å². The average molecular weight is 320 g/mol. The highest BCUT2D eigenvalue weighted by molar-refractivity contribution is 5.42. The molecule has 0 unspecified atom stereocenters. The lowest BCUT2D eigenvalue weighted by molar-refractivity contribution is 0.171. The van der Waals surface area contributed by atoms with Crippen LogP contribution in [0.1, 0.15) is 71.8 Å². The molecule has 0 radical (unpaired) electrons. The van der Waals surface area contributed by atoms with Crippen molar-refractivity contribution in [2.24, 2.45) is 0 Å². The molecule has 0 aromatic carbocycles. The minimum atomic E-state index is 0.664. The summed E-state index contributed by atoms with van der Waals surface area (Å²) >= 11 is 0. The Morgan fingerprint density at radius 1 is 0.913 bits per heavy atom. The number of pyridine rings is 1. The van der Waals surface area contributed by atoms with Gasteiger partial charge < -0.3 is 5.32 Å². The molecule has 132 valence electrons. The van der Waals surface area contributed by atoms with Gasteiger partial charge in [-0.1, -0.05) is 25.7 Å². The predicted octanol–water partition coefficient (Wildman–Crippen LogP) is 5.26. The van der Waals surface area contributed by atoms with Gasteiger partial charge in [0.05, 0.1) is 5.69 Å². The Balaban J connectivity index is 1.97. The standard InChI is InChI=1S/C20H37N3/c1-17(2)23(18(3)4)13-11-9-7-6-8-10-12-22-20-14-19(5)15-21-16-20/h14-18,22H,6-13H2,1-5H3. The van der Waals surface area contributed by atoms with E-state index in [1.54, 1.807) is 0 Å². The Kier molecular flexibility index (Phi) is 9.93. The van der Waals surface area contributed by atoms with E-state index >= 15 is 0 Å². The van der Waals surface area contributed by atoms with Crippen LogP contribution in [0.4, 0.5) is 5.69 Å². The van der Waals surface area contributed by atoms with Gasteiger partial charge in [0.1, 0.15) is 0 Å². The van der Waals surface area contributed by atoms with E-state index in [0.29, 0.717) is 12.1 Å². The van der Waals surface area contributed by atoms with Crippen molar-refractivity contribution in [3.63, 3.8) is 0 Å². The summed E-state index contributed by atoms with van der Waals surface area (Å²) in [7, 11) is 0. The quantitative estimate of drug-likeness (QED) is 0.533. The second kappa shape index (κ2) is 11.4. The minimum Gasteiger partial charge on any atom is -0.384 e. The highest BCUT2D eigenvalue weighted by Crippen LogP contribution is 2.11. The van der Waals surface area contributed by atoms with Gasteiger partial charge >= 0.3 is 0 Å². The summed E-state index contributed by atoms with van der Waals surface area (Å²) in [6, 6.07) is 3.48. The molecule has 0 fully saturated rings. The van der Waals surface area contributed by atoms with E-state index in [-0.39, 0.29) is 0 Å². The van der Waals surface area contributed by atoms with Crippen LogP contribution in [0.5, 0.6) is 0 Å². The Morgan fingerprint density at radius 3 is 2.13 bits per heavy atom. The number of hydrogen-bond acceptors (Lipinski definition) is 3. The second-order valence-corrected chi connectivity index (χ2v) is 7.22. The van der Waals surface area contributed by atoms with Gasteiger partial charge in [0.25, 0.3) is 0 Å². The number of aryl methyl sites for hydroxylation is 1. The van der Waals surface area contributed by atoms with Crippen molar-refractivity contribution in [2.75, 3.05) is 18.4 Å². The van der Waals surface area contributed by atoms with Crippen molar-refractivity contribution in [1.29, 1.82) is 0 Å². The van der Waals surface area contributed by atoms with Crippen LogP contribution < -0.4 is 5.32 Å². The van der Waals surface area contributed by atoms with Crippen LogP contribution in [0.2, 0.25) is 0 Å². The molecule has 0 spiro atoms. The molecule has 0 aliphatic rings. The van der Waals surface area contributed by atoms with E-state index in [1.165, 1.54) is 50.6 Å². The molecule has 1 heterocycles. The molecule has 23 heavy (non-hydrogen) atoms. The largest absolute Gasteiger partial charge is 0.384 e. The smallest absolute Gasteiger partial charge is 0.0529 e. The Labute approximate surface area is 143 Å². The first kappa shape index (κ1) is 20.0. The fourth-order valence-corrected chi connectivity index (χ4v) is 3.12. The van der Waals surface area contributed by atoms with Crippen molar-refractivity contribution in [3.8, 4) is 0 Å². The number of nitrogens with one attached hydrogen (secondary N) is 1.